The molecule has 0 spiro atoms. The first-order chi connectivity index (χ1) is 15.7. The number of hydrogen-bond donors (Lipinski definition) is 2. The van der Waals surface area contributed by atoms with Gasteiger partial charge in [0.25, 0.3) is 5.91 Å². The number of carbonyl (C=O) groups excluding carboxylic acids is 2. The standard InChI is InChI=1S/C26H26N2O4/c29-24(27-21-10-5-2-6-11-21)19-32-23-13-7-12-22(18-23)28-25(30)26(14-16-31-17-15-26)20-8-3-1-4-9-20/h1-13,18H,14-17,19H2,(H,27,29)(H,28,30). The number of amides is 2. The monoisotopic (exact) mass is 430 g/mol. The maximum Gasteiger partial charge on any atom is 0.262 e. The van der Waals surface area contributed by atoms with Gasteiger partial charge < -0.3 is 20.1 Å². The van der Waals surface area contributed by atoms with Crippen molar-refractivity contribution >= 4 is 23.2 Å². The quantitative estimate of drug-likeness (QED) is 0.583. The summed E-state index contributed by atoms with van der Waals surface area (Å²) in [4.78, 5) is 25.5. The zero-order chi connectivity index (χ0) is 22.2. The third-order valence-corrected chi connectivity index (χ3v) is 5.63. The number of anilines is 2. The fourth-order valence-electron chi connectivity index (χ4n) is 3.91. The number of nitrogens with one attached hydrogen (secondary N) is 2. The fourth-order valence-corrected chi connectivity index (χ4v) is 3.91. The molecule has 1 aliphatic rings. The molecule has 6 heteroatoms. The van der Waals surface area contributed by atoms with Crippen molar-refractivity contribution in [2.24, 2.45) is 0 Å². The third-order valence-electron chi connectivity index (χ3n) is 5.63. The van der Waals surface area contributed by atoms with Gasteiger partial charge in [-0.3, -0.25) is 9.59 Å². The Morgan fingerprint density at radius 3 is 2.19 bits per heavy atom. The van der Waals surface area contributed by atoms with Crippen molar-refractivity contribution in [2.75, 3.05) is 30.5 Å². The summed E-state index contributed by atoms with van der Waals surface area (Å²) in [5.74, 6) is 0.189. The number of para-hydroxylation sites is 1. The lowest BCUT2D eigenvalue weighted by Crippen LogP contribution is -2.44. The van der Waals surface area contributed by atoms with E-state index in [0.717, 1.165) is 5.56 Å². The van der Waals surface area contributed by atoms with Crippen molar-refractivity contribution < 1.29 is 19.1 Å². The van der Waals surface area contributed by atoms with Crippen LogP contribution in [0.2, 0.25) is 0 Å². The van der Waals surface area contributed by atoms with Crippen molar-refractivity contribution in [3.05, 3.63) is 90.5 Å². The Kier molecular flexibility index (Phi) is 6.82. The fraction of sp³-hybridized carbons (Fsp3) is 0.231. The summed E-state index contributed by atoms with van der Waals surface area (Å²) in [7, 11) is 0. The average molecular weight is 431 g/mol. The minimum Gasteiger partial charge on any atom is -0.484 e. The summed E-state index contributed by atoms with van der Waals surface area (Å²) in [5.41, 5.74) is 1.69. The Balaban J connectivity index is 1.41. The second-order valence-electron chi connectivity index (χ2n) is 7.75. The Hall–Kier alpha value is -3.64. The van der Waals surface area contributed by atoms with Crippen LogP contribution in [-0.2, 0) is 19.7 Å². The molecule has 0 radical (unpaired) electrons. The number of carbonyl (C=O) groups is 2. The molecule has 0 saturated carbocycles. The first-order valence-electron chi connectivity index (χ1n) is 10.7. The highest BCUT2D eigenvalue weighted by atomic mass is 16.5. The predicted molar refractivity (Wildman–Crippen MR) is 124 cm³/mol. The van der Waals surface area contributed by atoms with Gasteiger partial charge in [0.1, 0.15) is 5.75 Å². The molecule has 3 aromatic rings. The molecule has 1 fully saturated rings. The first kappa shape index (κ1) is 21.6. The summed E-state index contributed by atoms with van der Waals surface area (Å²) in [6.07, 6.45) is 1.25. The Morgan fingerprint density at radius 2 is 1.47 bits per heavy atom. The molecule has 2 amide bonds. The molecule has 0 atom stereocenters. The van der Waals surface area contributed by atoms with Crippen LogP contribution >= 0.6 is 0 Å². The lowest BCUT2D eigenvalue weighted by molar-refractivity contribution is -0.125. The minimum absolute atomic E-state index is 0.0639. The van der Waals surface area contributed by atoms with Crippen LogP contribution in [0.3, 0.4) is 0 Å². The van der Waals surface area contributed by atoms with Gasteiger partial charge in [0.05, 0.1) is 5.41 Å². The zero-order valence-corrected chi connectivity index (χ0v) is 17.8. The Morgan fingerprint density at radius 1 is 0.812 bits per heavy atom. The highest BCUT2D eigenvalue weighted by Gasteiger charge is 2.41. The van der Waals surface area contributed by atoms with Gasteiger partial charge in [0, 0.05) is 30.7 Å². The van der Waals surface area contributed by atoms with E-state index in [1.165, 1.54) is 0 Å². The minimum atomic E-state index is -0.633. The van der Waals surface area contributed by atoms with E-state index in [1.54, 1.807) is 18.2 Å². The maximum atomic E-state index is 13.4. The van der Waals surface area contributed by atoms with Crippen molar-refractivity contribution in [3.8, 4) is 5.75 Å². The number of rotatable bonds is 7. The molecule has 32 heavy (non-hydrogen) atoms. The molecule has 1 heterocycles. The molecule has 0 bridgehead atoms. The van der Waals surface area contributed by atoms with Crippen LogP contribution in [0.4, 0.5) is 11.4 Å². The van der Waals surface area contributed by atoms with E-state index in [9.17, 15) is 9.59 Å². The van der Waals surface area contributed by atoms with Crippen molar-refractivity contribution in [1.29, 1.82) is 0 Å². The van der Waals surface area contributed by atoms with Crippen LogP contribution in [0.5, 0.6) is 5.75 Å². The Bertz CT molecular complexity index is 1050. The van der Waals surface area contributed by atoms with Crippen molar-refractivity contribution in [2.45, 2.75) is 18.3 Å². The molecular formula is C26H26N2O4. The van der Waals surface area contributed by atoms with E-state index in [-0.39, 0.29) is 18.4 Å². The summed E-state index contributed by atoms with van der Waals surface area (Å²) in [5, 5.41) is 5.82. The lowest BCUT2D eigenvalue weighted by Gasteiger charge is -2.36. The van der Waals surface area contributed by atoms with E-state index in [0.29, 0.717) is 43.2 Å². The van der Waals surface area contributed by atoms with Gasteiger partial charge in [-0.05, 0) is 42.7 Å². The number of hydrogen-bond acceptors (Lipinski definition) is 4. The third kappa shape index (κ3) is 5.15. The molecule has 2 N–H and O–H groups in total. The molecule has 0 aliphatic carbocycles. The zero-order valence-electron chi connectivity index (χ0n) is 17.8. The van der Waals surface area contributed by atoms with Gasteiger partial charge in [-0.1, -0.05) is 54.6 Å². The molecule has 4 rings (SSSR count). The number of benzene rings is 3. The van der Waals surface area contributed by atoms with Crippen molar-refractivity contribution in [3.63, 3.8) is 0 Å². The Labute approximate surface area is 187 Å². The topological polar surface area (TPSA) is 76.7 Å². The lowest BCUT2D eigenvalue weighted by atomic mass is 9.73. The largest absolute Gasteiger partial charge is 0.484 e. The SMILES string of the molecule is O=C(COc1cccc(NC(=O)C2(c3ccccc3)CCOCC2)c1)Nc1ccccc1. The molecule has 1 saturated heterocycles. The van der Waals surface area contributed by atoms with Crippen LogP contribution in [0.25, 0.3) is 0 Å². The van der Waals surface area contributed by atoms with Crippen LogP contribution in [0.15, 0.2) is 84.9 Å². The maximum absolute atomic E-state index is 13.4. The van der Waals surface area contributed by atoms with Crippen molar-refractivity contribution in [1.82, 2.24) is 0 Å². The molecule has 164 valence electrons. The first-order valence-corrected chi connectivity index (χ1v) is 10.7. The molecule has 6 nitrogen and oxygen atoms in total. The van der Waals surface area contributed by atoms with Gasteiger partial charge in [-0.15, -0.1) is 0 Å². The van der Waals surface area contributed by atoms with E-state index in [1.807, 2.05) is 66.7 Å². The van der Waals surface area contributed by atoms with Gasteiger partial charge >= 0.3 is 0 Å². The van der Waals surface area contributed by atoms with Crippen LogP contribution in [0.1, 0.15) is 18.4 Å². The summed E-state index contributed by atoms with van der Waals surface area (Å²) in [6, 6.07) is 26.1. The van der Waals surface area contributed by atoms with Gasteiger partial charge in [-0.25, -0.2) is 0 Å². The van der Waals surface area contributed by atoms with Gasteiger partial charge in [0.15, 0.2) is 6.61 Å². The normalized spacial score (nSPS) is 14.9. The van der Waals surface area contributed by atoms with E-state index in [4.69, 9.17) is 9.47 Å². The molecule has 3 aromatic carbocycles. The van der Waals surface area contributed by atoms with Crippen LogP contribution in [0, 0.1) is 0 Å². The highest BCUT2D eigenvalue weighted by Crippen LogP contribution is 2.36. The van der Waals surface area contributed by atoms with E-state index < -0.39 is 5.41 Å². The molecule has 0 unspecified atom stereocenters. The van der Waals surface area contributed by atoms with E-state index >= 15 is 0 Å². The second kappa shape index (κ2) is 10.1. The average Bonchev–Trinajstić information content (AvgIpc) is 2.84. The highest BCUT2D eigenvalue weighted by molar-refractivity contribution is 5.99. The van der Waals surface area contributed by atoms with Gasteiger partial charge in [-0.2, -0.15) is 0 Å². The number of ether oxygens (including phenoxy) is 2. The predicted octanol–water partition coefficient (Wildman–Crippen LogP) is 4.39. The van der Waals surface area contributed by atoms with Crippen LogP contribution < -0.4 is 15.4 Å². The van der Waals surface area contributed by atoms with E-state index in [2.05, 4.69) is 10.6 Å². The smallest absolute Gasteiger partial charge is 0.262 e. The van der Waals surface area contributed by atoms with Crippen LogP contribution in [-0.4, -0.2) is 31.6 Å². The molecule has 0 aromatic heterocycles. The second-order valence-corrected chi connectivity index (χ2v) is 7.75. The molecule has 1 aliphatic heterocycles. The summed E-state index contributed by atoms with van der Waals surface area (Å²) in [6.45, 7) is 0.960. The summed E-state index contributed by atoms with van der Waals surface area (Å²) >= 11 is 0. The molecular weight excluding hydrogens is 404 g/mol. The van der Waals surface area contributed by atoms with Gasteiger partial charge in [0.2, 0.25) is 5.91 Å². The summed E-state index contributed by atoms with van der Waals surface area (Å²) < 4.78 is 11.2.